The molecule has 8 nitrogen and oxygen atoms in total. The van der Waals surface area contributed by atoms with Gasteiger partial charge in [-0.25, -0.2) is 15.0 Å². The third-order valence-electron chi connectivity index (χ3n) is 15.1. The highest BCUT2D eigenvalue weighted by Crippen LogP contribution is 2.55. The van der Waals surface area contributed by atoms with Crippen molar-refractivity contribution in [2.24, 2.45) is 0 Å². The van der Waals surface area contributed by atoms with Gasteiger partial charge in [0.1, 0.15) is 16.6 Å². The number of nitrogens with one attached hydrogen (secondary N) is 1. The SMILES string of the molecule is CC1(C)c2ccccc2N(c2ccccc2)c2cc3c(cc21)c1nc2ccccc2n1c1cccnc31.CC1(C)c2ccccc2N(c2ccccc2)c2ccc(-c3nc4ccccc4[nH]3)cc21.Clc1ncccc1I. The zero-order valence-electron chi connectivity index (χ0n) is 42.2. The number of benzene rings is 8. The molecule has 0 radical (unpaired) electrons. The maximum Gasteiger partial charge on any atom is 0.146 e. The van der Waals surface area contributed by atoms with Crippen LogP contribution in [0, 0.1) is 3.57 Å². The summed E-state index contributed by atoms with van der Waals surface area (Å²) < 4.78 is 3.26. The van der Waals surface area contributed by atoms with Gasteiger partial charge in [-0.1, -0.05) is 136 Å². The van der Waals surface area contributed by atoms with Crippen LogP contribution in [-0.4, -0.2) is 29.3 Å². The highest BCUT2D eigenvalue weighted by atomic mass is 127. The molecule has 2 aliphatic rings. The zero-order chi connectivity index (χ0) is 51.7. The van der Waals surface area contributed by atoms with Gasteiger partial charge in [0.2, 0.25) is 0 Å². The highest BCUT2D eigenvalue weighted by molar-refractivity contribution is 14.1. The van der Waals surface area contributed by atoms with Crippen molar-refractivity contribution >= 4 is 118 Å². The zero-order valence-corrected chi connectivity index (χ0v) is 45.2. The summed E-state index contributed by atoms with van der Waals surface area (Å²) in [5, 5.41) is 2.82. The van der Waals surface area contributed by atoms with Crippen molar-refractivity contribution in [1.29, 1.82) is 0 Å². The molecular weight excluding hydrogens is 1070 g/mol. The van der Waals surface area contributed by atoms with Crippen LogP contribution in [-0.2, 0) is 10.8 Å². The molecule has 10 heteroatoms. The minimum atomic E-state index is -0.187. The van der Waals surface area contributed by atoms with Gasteiger partial charge in [0.05, 0.1) is 59.4 Å². The average molecular weight is 1120 g/mol. The second-order valence-electron chi connectivity index (χ2n) is 20.3. The monoisotopic (exact) mass is 1120 g/mol. The number of para-hydroxylation sites is 8. The number of pyridine rings is 3. The smallest absolute Gasteiger partial charge is 0.146 e. The lowest BCUT2D eigenvalue weighted by atomic mass is 9.73. The first-order chi connectivity index (χ1) is 37.1. The number of aromatic nitrogens is 6. The Kier molecular flexibility index (Phi) is 11.7. The van der Waals surface area contributed by atoms with Crippen molar-refractivity contribution in [1.82, 2.24) is 29.3 Å². The van der Waals surface area contributed by atoms with Gasteiger partial charge in [-0.05, 0) is 160 Å². The Hall–Kier alpha value is -8.38. The number of rotatable bonds is 3. The van der Waals surface area contributed by atoms with E-state index in [4.69, 9.17) is 26.6 Å². The molecule has 368 valence electrons. The number of aromatic amines is 1. The summed E-state index contributed by atoms with van der Waals surface area (Å²) in [7, 11) is 0. The lowest BCUT2D eigenvalue weighted by Gasteiger charge is -2.42. The van der Waals surface area contributed by atoms with Crippen molar-refractivity contribution in [3.63, 3.8) is 0 Å². The number of fused-ring (bicyclic) bond motifs is 13. The van der Waals surface area contributed by atoms with E-state index in [9.17, 15) is 0 Å². The van der Waals surface area contributed by atoms with Crippen molar-refractivity contribution in [3.05, 3.63) is 256 Å². The number of nitrogens with zero attached hydrogens (tertiary/aromatic N) is 7. The summed E-state index contributed by atoms with van der Waals surface area (Å²) in [5.41, 5.74) is 20.4. The second kappa shape index (κ2) is 18.8. The largest absolute Gasteiger partial charge is 0.338 e. The van der Waals surface area contributed by atoms with Crippen molar-refractivity contribution in [2.45, 2.75) is 38.5 Å². The topological polar surface area (TPSA) is 78.2 Å². The van der Waals surface area contributed by atoms with Gasteiger partial charge in [-0.2, -0.15) is 0 Å². The van der Waals surface area contributed by atoms with E-state index < -0.39 is 0 Å². The summed E-state index contributed by atoms with van der Waals surface area (Å²) in [6.45, 7) is 9.29. The Morgan fingerprint density at radius 1 is 0.461 bits per heavy atom. The van der Waals surface area contributed by atoms with E-state index in [0.717, 1.165) is 70.2 Å². The molecule has 5 aromatic heterocycles. The molecule has 0 spiro atoms. The van der Waals surface area contributed by atoms with Crippen LogP contribution in [0.3, 0.4) is 0 Å². The van der Waals surface area contributed by atoms with E-state index in [0.29, 0.717) is 5.15 Å². The standard InChI is InChI=1S/C33H24N4.C28H23N3.C5H3ClIN/c1-33(2)24-13-6-8-15-27(24)36(21-11-4-3-5-12-21)30-20-22-23(19-25(30)33)32-35-26-14-7-9-16-28(26)37(32)29-17-10-18-34-31(22)29;1-28(2)21-12-6-9-15-25(21)31(20-10-4-3-5-11-20)26-17-16-19(18-22(26)28)27-29-23-13-7-8-14-24(23)30-27;6-5-4(7)2-1-3-8-5/h3-20H,1-2H3;3-18H,1-2H3,(H,29,30);1-3H. The highest BCUT2D eigenvalue weighted by Gasteiger charge is 2.39. The number of halogens is 2. The van der Waals surface area contributed by atoms with Crippen LogP contribution >= 0.6 is 34.2 Å². The van der Waals surface area contributed by atoms with Crippen molar-refractivity contribution in [2.75, 3.05) is 9.80 Å². The van der Waals surface area contributed by atoms with Gasteiger partial charge in [0, 0.05) is 50.9 Å². The van der Waals surface area contributed by atoms with Crippen LogP contribution in [0.5, 0.6) is 0 Å². The van der Waals surface area contributed by atoms with E-state index in [2.05, 4.69) is 250 Å². The molecule has 76 heavy (non-hydrogen) atoms. The molecule has 2 aliphatic heterocycles. The summed E-state index contributed by atoms with van der Waals surface area (Å²) in [5.74, 6) is 0.907. The molecule has 7 heterocycles. The fraction of sp³-hybridized carbons (Fsp3) is 0.0909. The minimum Gasteiger partial charge on any atom is -0.338 e. The van der Waals surface area contributed by atoms with Gasteiger partial charge in [-0.15, -0.1) is 0 Å². The van der Waals surface area contributed by atoms with E-state index >= 15 is 0 Å². The molecule has 0 bridgehead atoms. The summed E-state index contributed by atoms with van der Waals surface area (Å²) >= 11 is 7.72. The molecule has 0 saturated carbocycles. The number of imidazole rings is 2. The number of H-pyrrole nitrogens is 1. The Labute approximate surface area is 459 Å². The molecule has 8 aromatic carbocycles. The molecule has 0 aliphatic carbocycles. The molecule has 0 amide bonds. The lowest BCUT2D eigenvalue weighted by Crippen LogP contribution is -2.30. The van der Waals surface area contributed by atoms with Gasteiger partial charge in [0.15, 0.2) is 0 Å². The molecule has 1 N–H and O–H groups in total. The molecule has 0 atom stereocenters. The first kappa shape index (κ1) is 47.3. The van der Waals surface area contributed by atoms with Gasteiger partial charge in [-0.3, -0.25) is 9.38 Å². The molecular formula is C66H50ClIN8. The minimum absolute atomic E-state index is 0.126. The third kappa shape index (κ3) is 7.87. The Morgan fingerprint density at radius 2 is 1.01 bits per heavy atom. The molecule has 0 unspecified atom stereocenters. The molecule has 0 fully saturated rings. The Bertz CT molecular complexity index is 4300. The molecule has 13 aromatic rings. The van der Waals surface area contributed by atoms with Gasteiger partial charge in [0.25, 0.3) is 0 Å². The van der Waals surface area contributed by atoms with E-state index in [1.54, 1.807) is 6.20 Å². The predicted octanol–water partition coefficient (Wildman–Crippen LogP) is 18.0. The number of anilines is 6. The summed E-state index contributed by atoms with van der Waals surface area (Å²) in [6, 6.07) is 74.7. The van der Waals surface area contributed by atoms with Gasteiger partial charge >= 0.3 is 0 Å². The van der Waals surface area contributed by atoms with Crippen LogP contribution in [0.2, 0.25) is 5.15 Å². The normalized spacial score (nSPS) is 13.8. The lowest BCUT2D eigenvalue weighted by molar-refractivity contribution is 0.632. The predicted molar refractivity (Wildman–Crippen MR) is 323 cm³/mol. The van der Waals surface area contributed by atoms with Gasteiger partial charge < -0.3 is 14.8 Å². The number of hydrogen-bond donors (Lipinski definition) is 1. The van der Waals surface area contributed by atoms with Crippen LogP contribution in [0.1, 0.15) is 49.9 Å². The van der Waals surface area contributed by atoms with Crippen LogP contribution in [0.4, 0.5) is 34.1 Å². The average Bonchev–Trinajstić information content (AvgIpc) is 4.14. The van der Waals surface area contributed by atoms with E-state index in [1.165, 1.54) is 50.7 Å². The summed E-state index contributed by atoms with van der Waals surface area (Å²) in [4.78, 5) is 27.0. The first-order valence-electron chi connectivity index (χ1n) is 25.4. The Morgan fingerprint density at radius 3 is 1.67 bits per heavy atom. The van der Waals surface area contributed by atoms with Crippen LogP contribution in [0.25, 0.3) is 60.9 Å². The fourth-order valence-electron chi connectivity index (χ4n) is 11.4. The Balaban J connectivity index is 0.000000129. The second-order valence-corrected chi connectivity index (χ2v) is 21.8. The maximum absolute atomic E-state index is 5.59. The van der Waals surface area contributed by atoms with Crippen molar-refractivity contribution < 1.29 is 0 Å². The molecule has 0 saturated heterocycles. The summed E-state index contributed by atoms with van der Waals surface area (Å²) in [6.07, 6.45) is 3.56. The van der Waals surface area contributed by atoms with E-state index in [-0.39, 0.29) is 10.8 Å². The van der Waals surface area contributed by atoms with E-state index in [1.807, 2.05) is 42.6 Å². The molecule has 15 rings (SSSR count). The van der Waals surface area contributed by atoms with Crippen LogP contribution < -0.4 is 9.80 Å². The van der Waals surface area contributed by atoms with Crippen LogP contribution in [0.15, 0.2) is 225 Å². The maximum atomic E-state index is 5.59. The van der Waals surface area contributed by atoms with Crippen molar-refractivity contribution in [3.8, 4) is 11.4 Å². The number of hydrogen-bond acceptors (Lipinski definition) is 6. The fourth-order valence-corrected chi connectivity index (χ4v) is 11.8. The first-order valence-corrected chi connectivity index (χ1v) is 26.9. The third-order valence-corrected chi connectivity index (χ3v) is 16.6. The quantitative estimate of drug-likeness (QED) is 0.108.